The Morgan fingerprint density at radius 2 is 1.67 bits per heavy atom. The molecule has 3 N–H and O–H groups in total. The molecule has 0 aliphatic heterocycles. The summed E-state index contributed by atoms with van der Waals surface area (Å²) < 4.78 is 13.0. The van der Waals surface area contributed by atoms with Gasteiger partial charge in [-0.2, -0.15) is 4.98 Å². The van der Waals surface area contributed by atoms with Crippen LogP contribution < -0.4 is 11.1 Å². The van der Waals surface area contributed by atoms with Crippen molar-refractivity contribution in [3.63, 3.8) is 0 Å². The Kier molecular flexibility index (Phi) is 4.83. The van der Waals surface area contributed by atoms with Crippen molar-refractivity contribution in [1.82, 2.24) is 9.97 Å². The second kappa shape index (κ2) is 7.03. The molecule has 0 amide bonds. The van der Waals surface area contributed by atoms with Crippen LogP contribution in [0.4, 0.5) is 21.8 Å². The molecule has 1 aromatic heterocycles. The molecule has 24 heavy (non-hydrogen) atoms. The van der Waals surface area contributed by atoms with Crippen LogP contribution >= 0.6 is 23.2 Å². The standard InChI is InChI=1S/C17H13Cl2FN4/c18-14-2-1-3-15(19)13(14)8-12-9-16(24-17(21)23-12)22-11-6-4-10(20)5-7-11/h1-7,9H,8H2,(H3,21,22,23,24). The third kappa shape index (κ3) is 3.93. The van der Waals surface area contributed by atoms with Gasteiger partial charge in [0.25, 0.3) is 0 Å². The van der Waals surface area contributed by atoms with E-state index in [-0.39, 0.29) is 11.8 Å². The van der Waals surface area contributed by atoms with Crippen molar-refractivity contribution in [3.05, 3.63) is 75.7 Å². The van der Waals surface area contributed by atoms with Gasteiger partial charge in [0.05, 0.1) is 5.69 Å². The lowest BCUT2D eigenvalue weighted by molar-refractivity contribution is 0.628. The van der Waals surface area contributed by atoms with Crippen molar-refractivity contribution in [2.45, 2.75) is 6.42 Å². The van der Waals surface area contributed by atoms with Crippen LogP contribution in [0.5, 0.6) is 0 Å². The lowest BCUT2D eigenvalue weighted by atomic mass is 10.1. The first-order chi connectivity index (χ1) is 11.5. The van der Waals surface area contributed by atoms with Gasteiger partial charge >= 0.3 is 0 Å². The highest BCUT2D eigenvalue weighted by molar-refractivity contribution is 6.36. The Hall–Kier alpha value is -2.37. The van der Waals surface area contributed by atoms with Crippen molar-refractivity contribution < 1.29 is 4.39 Å². The first-order valence-electron chi connectivity index (χ1n) is 7.10. The Morgan fingerprint density at radius 1 is 1.00 bits per heavy atom. The molecule has 0 spiro atoms. The highest BCUT2D eigenvalue weighted by atomic mass is 35.5. The van der Waals surface area contributed by atoms with Crippen LogP contribution in [-0.2, 0) is 6.42 Å². The average molecular weight is 363 g/mol. The number of rotatable bonds is 4. The molecule has 0 radical (unpaired) electrons. The number of nitrogens with one attached hydrogen (secondary N) is 1. The molecule has 0 aliphatic carbocycles. The molecule has 3 rings (SSSR count). The summed E-state index contributed by atoms with van der Waals surface area (Å²) in [4.78, 5) is 8.35. The van der Waals surface area contributed by atoms with Gasteiger partial charge < -0.3 is 11.1 Å². The quantitative estimate of drug-likeness (QED) is 0.696. The number of aromatic nitrogens is 2. The molecule has 122 valence electrons. The zero-order chi connectivity index (χ0) is 17.1. The molecule has 0 fully saturated rings. The van der Waals surface area contributed by atoms with Crippen molar-refractivity contribution in [2.75, 3.05) is 11.1 Å². The highest BCUT2D eigenvalue weighted by Crippen LogP contribution is 2.27. The van der Waals surface area contributed by atoms with Gasteiger partial charge in [0.15, 0.2) is 0 Å². The lowest BCUT2D eigenvalue weighted by Crippen LogP contribution is -2.04. The Morgan fingerprint density at radius 3 is 2.33 bits per heavy atom. The van der Waals surface area contributed by atoms with E-state index in [0.717, 1.165) is 5.56 Å². The molecule has 0 aliphatic rings. The SMILES string of the molecule is Nc1nc(Cc2c(Cl)cccc2Cl)cc(Nc2ccc(F)cc2)n1. The summed E-state index contributed by atoms with van der Waals surface area (Å²) in [6.45, 7) is 0. The normalized spacial score (nSPS) is 10.6. The fraction of sp³-hybridized carbons (Fsp3) is 0.0588. The third-order valence-corrected chi connectivity index (χ3v) is 4.04. The number of hydrogen-bond donors (Lipinski definition) is 2. The average Bonchev–Trinajstić information content (AvgIpc) is 2.53. The maximum Gasteiger partial charge on any atom is 0.222 e. The predicted octanol–water partition coefficient (Wildman–Crippen LogP) is 4.84. The van der Waals surface area contributed by atoms with E-state index in [4.69, 9.17) is 28.9 Å². The second-order valence-electron chi connectivity index (χ2n) is 5.11. The number of nitrogens with two attached hydrogens (primary N) is 1. The van der Waals surface area contributed by atoms with Crippen LogP contribution in [0, 0.1) is 5.82 Å². The Bertz CT molecular complexity index is 849. The van der Waals surface area contributed by atoms with Crippen LogP contribution in [0.25, 0.3) is 0 Å². The zero-order valence-corrected chi connectivity index (χ0v) is 13.9. The van der Waals surface area contributed by atoms with Crippen molar-refractivity contribution >= 4 is 40.7 Å². The molecule has 4 nitrogen and oxygen atoms in total. The van der Waals surface area contributed by atoms with Crippen LogP contribution in [0.15, 0.2) is 48.5 Å². The van der Waals surface area contributed by atoms with Gasteiger partial charge in [0, 0.05) is 28.2 Å². The summed E-state index contributed by atoms with van der Waals surface area (Å²) in [5.41, 5.74) is 7.91. The van der Waals surface area contributed by atoms with Crippen LogP contribution in [0.1, 0.15) is 11.3 Å². The van der Waals surface area contributed by atoms with E-state index in [2.05, 4.69) is 15.3 Å². The van der Waals surface area contributed by atoms with E-state index in [0.29, 0.717) is 33.7 Å². The van der Waals surface area contributed by atoms with E-state index in [1.165, 1.54) is 12.1 Å². The number of nitrogen functional groups attached to an aromatic ring is 1. The minimum Gasteiger partial charge on any atom is -0.368 e. The molecular formula is C17H13Cl2FN4. The number of nitrogens with zero attached hydrogens (tertiary/aromatic N) is 2. The molecule has 3 aromatic rings. The van der Waals surface area contributed by atoms with E-state index in [9.17, 15) is 4.39 Å². The monoisotopic (exact) mass is 362 g/mol. The zero-order valence-electron chi connectivity index (χ0n) is 12.4. The summed E-state index contributed by atoms with van der Waals surface area (Å²) in [6, 6.07) is 13.0. The fourth-order valence-electron chi connectivity index (χ4n) is 2.24. The Balaban J connectivity index is 1.87. The number of halogens is 3. The molecule has 1 heterocycles. The van der Waals surface area contributed by atoms with Gasteiger partial charge in [-0.1, -0.05) is 29.3 Å². The Labute approximate surface area is 148 Å². The summed E-state index contributed by atoms with van der Waals surface area (Å²) >= 11 is 12.4. The summed E-state index contributed by atoms with van der Waals surface area (Å²) in [5, 5.41) is 4.19. The number of anilines is 3. The smallest absolute Gasteiger partial charge is 0.222 e. The maximum absolute atomic E-state index is 13.0. The van der Waals surface area contributed by atoms with Gasteiger partial charge in [-0.25, -0.2) is 9.37 Å². The minimum absolute atomic E-state index is 0.125. The molecule has 0 saturated carbocycles. The maximum atomic E-state index is 13.0. The summed E-state index contributed by atoms with van der Waals surface area (Å²) in [7, 11) is 0. The van der Waals surface area contributed by atoms with Crippen LogP contribution in [-0.4, -0.2) is 9.97 Å². The second-order valence-corrected chi connectivity index (χ2v) is 5.93. The number of benzene rings is 2. The molecule has 2 aromatic carbocycles. The van der Waals surface area contributed by atoms with Gasteiger partial charge in [-0.15, -0.1) is 0 Å². The van der Waals surface area contributed by atoms with Crippen LogP contribution in [0.3, 0.4) is 0 Å². The van der Waals surface area contributed by atoms with Crippen LogP contribution in [0.2, 0.25) is 10.0 Å². The van der Waals surface area contributed by atoms with Gasteiger partial charge in [0.1, 0.15) is 11.6 Å². The van der Waals surface area contributed by atoms with Crippen molar-refractivity contribution in [2.24, 2.45) is 0 Å². The van der Waals surface area contributed by atoms with Gasteiger partial charge in [0.2, 0.25) is 5.95 Å². The predicted molar refractivity (Wildman–Crippen MR) is 95.4 cm³/mol. The largest absolute Gasteiger partial charge is 0.368 e. The fourth-order valence-corrected chi connectivity index (χ4v) is 2.77. The summed E-state index contributed by atoms with van der Waals surface area (Å²) in [5.74, 6) is 0.323. The van der Waals surface area contributed by atoms with Crippen molar-refractivity contribution in [1.29, 1.82) is 0 Å². The van der Waals surface area contributed by atoms with E-state index < -0.39 is 0 Å². The first-order valence-corrected chi connectivity index (χ1v) is 7.86. The van der Waals surface area contributed by atoms with E-state index in [1.54, 1.807) is 36.4 Å². The molecule has 0 saturated heterocycles. The molecule has 0 unspecified atom stereocenters. The van der Waals surface area contributed by atoms with Crippen molar-refractivity contribution in [3.8, 4) is 0 Å². The minimum atomic E-state index is -0.309. The molecule has 0 bridgehead atoms. The third-order valence-electron chi connectivity index (χ3n) is 3.33. The molecular weight excluding hydrogens is 350 g/mol. The van der Waals surface area contributed by atoms with Gasteiger partial charge in [-0.05, 0) is 42.0 Å². The van der Waals surface area contributed by atoms with E-state index >= 15 is 0 Å². The number of hydrogen-bond acceptors (Lipinski definition) is 4. The van der Waals surface area contributed by atoms with E-state index in [1.807, 2.05) is 0 Å². The molecule has 7 heteroatoms. The lowest BCUT2D eigenvalue weighted by Gasteiger charge is -2.10. The first kappa shape index (κ1) is 16.5. The summed E-state index contributed by atoms with van der Waals surface area (Å²) in [6.07, 6.45) is 0.420. The molecule has 0 atom stereocenters. The highest BCUT2D eigenvalue weighted by Gasteiger charge is 2.10. The van der Waals surface area contributed by atoms with Gasteiger partial charge in [-0.3, -0.25) is 0 Å². The topological polar surface area (TPSA) is 63.8 Å².